The molecule has 0 atom stereocenters. The van der Waals surface area contributed by atoms with Crippen LogP contribution in [0.5, 0.6) is 0 Å². The number of amides is 1. The fourth-order valence-electron chi connectivity index (χ4n) is 2.06. The van der Waals surface area contributed by atoms with Gasteiger partial charge >= 0.3 is 12.1 Å². The van der Waals surface area contributed by atoms with Crippen molar-refractivity contribution in [1.82, 2.24) is 5.32 Å². The third kappa shape index (κ3) is 5.86. The molecule has 0 unspecified atom stereocenters. The summed E-state index contributed by atoms with van der Waals surface area (Å²) in [5.41, 5.74) is 0.696. The van der Waals surface area contributed by atoms with Gasteiger partial charge in [-0.1, -0.05) is 42.2 Å². The number of alkyl carbamates (subject to hydrolysis) is 1. The van der Waals surface area contributed by atoms with Gasteiger partial charge in [0.2, 0.25) is 0 Å². The zero-order valence-electron chi connectivity index (χ0n) is 14.4. The normalized spacial score (nSPS) is 9.52. The van der Waals surface area contributed by atoms with Crippen LogP contribution in [0.15, 0.2) is 48.5 Å². The molecule has 2 aromatic rings. The highest BCUT2D eigenvalue weighted by Crippen LogP contribution is 2.20. The highest BCUT2D eigenvalue weighted by atomic mass is 16.6. The number of ether oxygens (including phenoxy) is 2. The maximum Gasteiger partial charge on any atom is 0.408 e. The lowest BCUT2D eigenvalue weighted by atomic mass is 10.1. The number of esters is 1. The van der Waals surface area contributed by atoms with Crippen LogP contribution in [0.25, 0.3) is 0 Å². The Kier molecular flexibility index (Phi) is 6.91. The molecule has 8 heteroatoms. The number of carbonyl (C=O) groups excluding carboxylic acids is 2. The quantitative estimate of drug-likeness (QED) is 0.376. The van der Waals surface area contributed by atoms with Gasteiger partial charge in [0.15, 0.2) is 0 Å². The van der Waals surface area contributed by atoms with E-state index in [1.54, 1.807) is 0 Å². The van der Waals surface area contributed by atoms with Crippen molar-refractivity contribution in [3.05, 3.63) is 75.3 Å². The van der Waals surface area contributed by atoms with Crippen LogP contribution in [-0.4, -0.2) is 30.6 Å². The lowest BCUT2D eigenvalue weighted by Gasteiger charge is -2.04. The molecule has 0 radical (unpaired) electrons. The van der Waals surface area contributed by atoms with Gasteiger partial charge in [-0.05, 0) is 17.7 Å². The average Bonchev–Trinajstić information content (AvgIpc) is 2.69. The standard InChI is InChI=1S/C19H16N2O6/c1-26-18(22)16-10-9-15(17(12-16)21(24)25)8-5-11-20-19(23)27-13-14-6-3-2-4-7-14/h2-4,6-7,9-10,12H,11,13H2,1H3,(H,20,23). The van der Waals surface area contributed by atoms with E-state index in [0.717, 1.165) is 11.6 Å². The van der Waals surface area contributed by atoms with E-state index in [2.05, 4.69) is 21.9 Å². The summed E-state index contributed by atoms with van der Waals surface area (Å²) in [5.74, 6) is 4.52. The van der Waals surface area contributed by atoms with Crippen molar-refractivity contribution in [2.24, 2.45) is 0 Å². The van der Waals surface area contributed by atoms with Gasteiger partial charge in [-0.15, -0.1) is 0 Å². The van der Waals surface area contributed by atoms with Crippen molar-refractivity contribution in [2.45, 2.75) is 6.61 Å². The van der Waals surface area contributed by atoms with Crippen molar-refractivity contribution in [3.63, 3.8) is 0 Å². The fourth-order valence-corrected chi connectivity index (χ4v) is 2.06. The van der Waals surface area contributed by atoms with E-state index in [1.165, 1.54) is 19.2 Å². The maximum atomic E-state index is 11.6. The molecule has 0 aliphatic carbocycles. The lowest BCUT2D eigenvalue weighted by molar-refractivity contribution is -0.385. The molecule has 138 valence electrons. The van der Waals surface area contributed by atoms with E-state index in [-0.39, 0.29) is 30.0 Å². The largest absolute Gasteiger partial charge is 0.465 e. The molecule has 1 amide bonds. The second-order valence-electron chi connectivity index (χ2n) is 5.20. The Morgan fingerprint density at radius 2 is 1.93 bits per heavy atom. The third-order valence-corrected chi connectivity index (χ3v) is 3.37. The number of nitrogens with zero attached hydrogens (tertiary/aromatic N) is 1. The SMILES string of the molecule is COC(=O)c1ccc(C#CCNC(=O)OCc2ccccc2)c([N+](=O)[O-])c1. The Balaban J connectivity index is 1.94. The number of nitrogens with one attached hydrogen (secondary N) is 1. The summed E-state index contributed by atoms with van der Waals surface area (Å²) in [5, 5.41) is 13.6. The number of methoxy groups -OCH3 is 1. The van der Waals surface area contributed by atoms with Crippen LogP contribution in [0.3, 0.4) is 0 Å². The average molecular weight is 368 g/mol. The Hall–Kier alpha value is -3.86. The van der Waals surface area contributed by atoms with E-state index in [1.807, 2.05) is 30.3 Å². The molecule has 0 saturated heterocycles. The highest BCUT2D eigenvalue weighted by molar-refractivity contribution is 5.90. The van der Waals surface area contributed by atoms with Gasteiger partial charge in [0.25, 0.3) is 5.69 Å². The van der Waals surface area contributed by atoms with Crippen LogP contribution >= 0.6 is 0 Å². The van der Waals surface area contributed by atoms with E-state index >= 15 is 0 Å². The second-order valence-corrected chi connectivity index (χ2v) is 5.20. The Bertz CT molecular complexity index is 899. The first-order chi connectivity index (χ1) is 13.0. The molecule has 0 fully saturated rings. The molecule has 0 saturated carbocycles. The highest BCUT2D eigenvalue weighted by Gasteiger charge is 2.16. The molecule has 0 bridgehead atoms. The number of nitro benzene ring substituents is 1. The summed E-state index contributed by atoms with van der Waals surface area (Å²) in [6, 6.07) is 13.0. The molecule has 2 aromatic carbocycles. The van der Waals surface area contributed by atoms with E-state index in [4.69, 9.17) is 4.74 Å². The molecule has 0 aliphatic rings. The minimum absolute atomic E-state index is 0.0521. The van der Waals surface area contributed by atoms with Gasteiger partial charge in [-0.25, -0.2) is 9.59 Å². The predicted octanol–water partition coefficient (Wildman–Crippen LogP) is 2.66. The molecule has 1 N–H and O–H groups in total. The van der Waals surface area contributed by atoms with E-state index in [9.17, 15) is 19.7 Å². The molecule has 0 heterocycles. The first-order valence-electron chi connectivity index (χ1n) is 7.81. The van der Waals surface area contributed by atoms with Crippen LogP contribution < -0.4 is 5.32 Å². The van der Waals surface area contributed by atoms with Gasteiger partial charge in [-0.2, -0.15) is 0 Å². The molecule has 2 rings (SSSR count). The summed E-state index contributed by atoms with van der Waals surface area (Å²) in [7, 11) is 1.18. The zero-order chi connectivity index (χ0) is 19.6. The summed E-state index contributed by atoms with van der Waals surface area (Å²) < 4.78 is 9.55. The molecular weight excluding hydrogens is 352 g/mol. The molecule has 0 spiro atoms. The molecule has 8 nitrogen and oxygen atoms in total. The second kappa shape index (κ2) is 9.58. The van der Waals surface area contributed by atoms with Crippen molar-refractivity contribution in [3.8, 4) is 11.8 Å². The van der Waals surface area contributed by atoms with Gasteiger partial charge in [-0.3, -0.25) is 10.1 Å². The minimum atomic E-state index is -0.680. The zero-order valence-corrected chi connectivity index (χ0v) is 14.4. The maximum absolute atomic E-state index is 11.6. The van der Waals surface area contributed by atoms with Crippen molar-refractivity contribution in [1.29, 1.82) is 0 Å². The third-order valence-electron chi connectivity index (χ3n) is 3.37. The van der Waals surface area contributed by atoms with Crippen LogP contribution in [0.4, 0.5) is 10.5 Å². The van der Waals surface area contributed by atoms with Crippen LogP contribution in [0.2, 0.25) is 0 Å². The predicted molar refractivity (Wildman–Crippen MR) is 95.9 cm³/mol. The molecular formula is C19H16N2O6. The molecule has 0 aromatic heterocycles. The Morgan fingerprint density at radius 3 is 2.59 bits per heavy atom. The minimum Gasteiger partial charge on any atom is -0.465 e. The Labute approximate surface area is 155 Å². The van der Waals surface area contributed by atoms with Crippen molar-refractivity contribution >= 4 is 17.7 Å². The first kappa shape index (κ1) is 19.5. The Morgan fingerprint density at radius 1 is 1.19 bits per heavy atom. The number of carbonyl (C=O) groups is 2. The van der Waals surface area contributed by atoms with Gasteiger partial charge in [0.05, 0.1) is 24.1 Å². The van der Waals surface area contributed by atoms with Gasteiger partial charge in [0, 0.05) is 6.07 Å². The van der Waals surface area contributed by atoms with E-state index in [0.29, 0.717) is 0 Å². The van der Waals surface area contributed by atoms with Crippen LogP contribution in [-0.2, 0) is 16.1 Å². The van der Waals surface area contributed by atoms with Crippen molar-refractivity contribution in [2.75, 3.05) is 13.7 Å². The summed E-state index contributed by atoms with van der Waals surface area (Å²) in [6.45, 7) is 0.0735. The fraction of sp³-hybridized carbons (Fsp3) is 0.158. The monoisotopic (exact) mass is 368 g/mol. The summed E-state index contributed by atoms with van der Waals surface area (Å²) >= 11 is 0. The van der Waals surface area contributed by atoms with Crippen molar-refractivity contribution < 1.29 is 24.0 Å². The van der Waals surface area contributed by atoms with Crippen LogP contribution in [0.1, 0.15) is 21.5 Å². The van der Waals surface area contributed by atoms with Gasteiger partial charge < -0.3 is 14.8 Å². The first-order valence-corrected chi connectivity index (χ1v) is 7.81. The van der Waals surface area contributed by atoms with E-state index < -0.39 is 17.0 Å². The summed E-state index contributed by atoms with van der Waals surface area (Å²) in [6.07, 6.45) is -0.649. The number of rotatable bonds is 5. The molecule has 27 heavy (non-hydrogen) atoms. The van der Waals surface area contributed by atoms with Gasteiger partial charge in [0.1, 0.15) is 12.2 Å². The number of nitro groups is 1. The lowest BCUT2D eigenvalue weighted by Crippen LogP contribution is -2.24. The number of hydrogen-bond acceptors (Lipinski definition) is 6. The van der Waals surface area contributed by atoms with Crippen LogP contribution in [0, 0.1) is 22.0 Å². The topological polar surface area (TPSA) is 108 Å². The number of benzene rings is 2. The number of hydrogen-bond donors (Lipinski definition) is 1. The smallest absolute Gasteiger partial charge is 0.408 e. The summed E-state index contributed by atoms with van der Waals surface area (Å²) in [4.78, 5) is 33.6. The molecule has 0 aliphatic heterocycles.